The second kappa shape index (κ2) is 7.68. The first-order valence-corrected chi connectivity index (χ1v) is 9.20. The van der Waals surface area contributed by atoms with Gasteiger partial charge in [0.1, 0.15) is 0 Å². The fourth-order valence-corrected chi connectivity index (χ4v) is 4.31. The number of aliphatic hydroxyl groups is 1. The smallest absolute Gasteiger partial charge is 0.0793 e. The van der Waals surface area contributed by atoms with Crippen molar-refractivity contribution < 1.29 is 9.32 Å². The highest BCUT2D eigenvalue weighted by Crippen LogP contribution is 2.20. The molecule has 124 valence electrons. The van der Waals surface area contributed by atoms with E-state index in [1.165, 1.54) is 5.56 Å². The van der Waals surface area contributed by atoms with E-state index in [-0.39, 0.29) is 10.9 Å². The third-order valence-corrected chi connectivity index (χ3v) is 6.02. The maximum atomic E-state index is 11.9. The molecule has 0 aromatic heterocycles. The topological polar surface area (TPSA) is 43.8 Å². The molecule has 0 bridgehead atoms. The lowest BCUT2D eigenvalue weighted by molar-refractivity contribution is 0.0775. The molecule has 0 amide bonds. The molecule has 1 aliphatic heterocycles. The van der Waals surface area contributed by atoms with Gasteiger partial charge in [0.2, 0.25) is 0 Å². The van der Waals surface area contributed by atoms with Gasteiger partial charge in [-0.25, -0.2) is 0 Å². The first-order valence-electron chi connectivity index (χ1n) is 7.88. The van der Waals surface area contributed by atoms with E-state index >= 15 is 0 Å². The van der Waals surface area contributed by atoms with Gasteiger partial charge in [-0.1, -0.05) is 30.3 Å². The van der Waals surface area contributed by atoms with Gasteiger partial charge in [0.05, 0.1) is 10.9 Å². The average molecular weight is 324 g/mol. The summed E-state index contributed by atoms with van der Waals surface area (Å²) in [5.74, 6) is 0.708. The Morgan fingerprint density at radius 1 is 1.36 bits per heavy atom. The SMILES string of the molecule is CN(Cc1ccccc1)CC(O)CN1CCS(=O)C(C)(C)C1. The number of β-amino-alcohol motifs (C(OH)–C–C–N with tert-alkyl or cyclic N) is 1. The summed E-state index contributed by atoms with van der Waals surface area (Å²) in [7, 11) is 1.28. The zero-order chi connectivity index (χ0) is 16.2. The van der Waals surface area contributed by atoms with Gasteiger partial charge in [-0.15, -0.1) is 0 Å². The average Bonchev–Trinajstić information content (AvgIpc) is 2.43. The monoisotopic (exact) mass is 324 g/mol. The molecule has 22 heavy (non-hydrogen) atoms. The van der Waals surface area contributed by atoms with E-state index in [4.69, 9.17) is 0 Å². The second-order valence-corrected chi connectivity index (χ2v) is 9.09. The van der Waals surface area contributed by atoms with E-state index in [0.29, 0.717) is 18.8 Å². The molecule has 1 N–H and O–H groups in total. The number of hydrogen-bond acceptors (Lipinski definition) is 4. The van der Waals surface area contributed by atoms with E-state index in [2.05, 4.69) is 21.9 Å². The summed E-state index contributed by atoms with van der Waals surface area (Å²) in [5.41, 5.74) is 1.26. The standard InChI is InChI=1S/C17H28N2O2S/c1-17(2)14-19(9-10-22(17)21)13-16(20)12-18(3)11-15-7-5-4-6-8-15/h4-8,16,20H,9-14H2,1-3H3. The molecule has 4 nitrogen and oxygen atoms in total. The molecule has 2 rings (SSSR count). The van der Waals surface area contributed by atoms with Gasteiger partial charge >= 0.3 is 0 Å². The summed E-state index contributed by atoms with van der Waals surface area (Å²) in [4.78, 5) is 4.38. The lowest BCUT2D eigenvalue weighted by Gasteiger charge is -2.38. The molecule has 2 atom stereocenters. The largest absolute Gasteiger partial charge is 0.390 e. The van der Waals surface area contributed by atoms with Gasteiger partial charge in [-0.2, -0.15) is 0 Å². The van der Waals surface area contributed by atoms with Crippen molar-refractivity contribution in [3.63, 3.8) is 0 Å². The van der Waals surface area contributed by atoms with Crippen molar-refractivity contribution in [1.29, 1.82) is 0 Å². The van der Waals surface area contributed by atoms with Crippen molar-refractivity contribution in [2.24, 2.45) is 0 Å². The maximum absolute atomic E-state index is 11.9. The van der Waals surface area contributed by atoms with Crippen LogP contribution >= 0.6 is 0 Å². The Balaban J connectivity index is 1.78. The van der Waals surface area contributed by atoms with Crippen molar-refractivity contribution in [3.8, 4) is 0 Å². The van der Waals surface area contributed by atoms with Crippen LogP contribution in [0.1, 0.15) is 19.4 Å². The number of hydrogen-bond donors (Lipinski definition) is 1. The van der Waals surface area contributed by atoms with Crippen LogP contribution < -0.4 is 0 Å². The van der Waals surface area contributed by atoms with Gasteiger partial charge in [0.15, 0.2) is 0 Å². The van der Waals surface area contributed by atoms with Crippen LogP contribution in [-0.4, -0.2) is 68.9 Å². The summed E-state index contributed by atoms with van der Waals surface area (Å²) >= 11 is 0. The van der Waals surface area contributed by atoms with Crippen LogP contribution in [0.3, 0.4) is 0 Å². The summed E-state index contributed by atoms with van der Waals surface area (Å²) < 4.78 is 11.8. The van der Waals surface area contributed by atoms with Crippen molar-refractivity contribution in [3.05, 3.63) is 35.9 Å². The van der Waals surface area contributed by atoms with Crippen LogP contribution in [0.5, 0.6) is 0 Å². The highest BCUT2D eigenvalue weighted by atomic mass is 32.2. The molecule has 2 unspecified atom stereocenters. The molecule has 1 heterocycles. The number of likely N-dealkylation sites (N-methyl/N-ethyl adjacent to an activating group) is 1. The molecule has 1 aromatic carbocycles. The first-order chi connectivity index (χ1) is 10.4. The lowest BCUT2D eigenvalue weighted by atomic mass is 10.1. The molecule has 1 saturated heterocycles. The van der Waals surface area contributed by atoms with Crippen molar-refractivity contribution in [2.45, 2.75) is 31.2 Å². The Bertz CT molecular complexity index is 493. The second-order valence-electron chi connectivity index (χ2n) is 6.88. The van der Waals surface area contributed by atoms with Gasteiger partial charge in [0, 0.05) is 49.3 Å². The Morgan fingerprint density at radius 3 is 2.68 bits per heavy atom. The molecular formula is C17H28N2O2S. The van der Waals surface area contributed by atoms with Gasteiger partial charge in [-0.05, 0) is 26.5 Å². The molecular weight excluding hydrogens is 296 g/mol. The van der Waals surface area contributed by atoms with Crippen LogP contribution in [0.2, 0.25) is 0 Å². The Kier molecular flexibility index (Phi) is 6.15. The summed E-state index contributed by atoms with van der Waals surface area (Å²) in [5, 5.41) is 10.3. The quantitative estimate of drug-likeness (QED) is 0.857. The van der Waals surface area contributed by atoms with Crippen molar-refractivity contribution >= 4 is 10.8 Å². The number of rotatable bonds is 6. The summed E-state index contributed by atoms with van der Waals surface area (Å²) in [6.45, 7) is 7.84. The maximum Gasteiger partial charge on any atom is 0.0793 e. The van der Waals surface area contributed by atoms with Gasteiger partial charge < -0.3 is 5.11 Å². The van der Waals surface area contributed by atoms with Crippen LogP contribution in [0.4, 0.5) is 0 Å². The highest BCUT2D eigenvalue weighted by molar-refractivity contribution is 7.86. The first kappa shape index (κ1) is 17.6. The Labute approximate surface area is 136 Å². The minimum absolute atomic E-state index is 0.173. The molecule has 1 fully saturated rings. The third-order valence-electron chi connectivity index (χ3n) is 4.10. The Morgan fingerprint density at radius 2 is 2.05 bits per heavy atom. The number of benzene rings is 1. The Hall–Kier alpha value is -0.750. The van der Waals surface area contributed by atoms with Crippen LogP contribution in [0.25, 0.3) is 0 Å². The van der Waals surface area contributed by atoms with E-state index in [0.717, 1.165) is 19.6 Å². The van der Waals surface area contributed by atoms with Gasteiger partial charge in [0.25, 0.3) is 0 Å². The molecule has 0 spiro atoms. The van der Waals surface area contributed by atoms with Gasteiger partial charge in [-0.3, -0.25) is 14.0 Å². The van der Waals surface area contributed by atoms with Crippen LogP contribution in [-0.2, 0) is 17.3 Å². The fraction of sp³-hybridized carbons (Fsp3) is 0.647. The molecule has 1 aliphatic rings. The summed E-state index contributed by atoms with van der Waals surface area (Å²) in [6, 6.07) is 10.3. The van der Waals surface area contributed by atoms with Crippen LogP contribution in [0.15, 0.2) is 30.3 Å². The fourth-order valence-electron chi connectivity index (χ4n) is 3.01. The zero-order valence-electron chi connectivity index (χ0n) is 13.9. The molecule has 1 aromatic rings. The van der Waals surface area contributed by atoms with E-state index < -0.39 is 10.8 Å². The van der Waals surface area contributed by atoms with Crippen molar-refractivity contribution in [1.82, 2.24) is 9.80 Å². The normalized spacial score (nSPS) is 23.6. The summed E-state index contributed by atoms with van der Waals surface area (Å²) in [6.07, 6.45) is -0.379. The molecule has 0 aliphatic carbocycles. The minimum atomic E-state index is -0.757. The molecule has 0 saturated carbocycles. The molecule has 5 heteroatoms. The lowest BCUT2D eigenvalue weighted by Crippen LogP contribution is -2.52. The third kappa shape index (κ3) is 5.16. The van der Waals surface area contributed by atoms with E-state index in [1.807, 2.05) is 39.1 Å². The van der Waals surface area contributed by atoms with Crippen molar-refractivity contribution in [2.75, 3.05) is 39.0 Å². The predicted molar refractivity (Wildman–Crippen MR) is 92.3 cm³/mol. The number of aliphatic hydroxyl groups excluding tert-OH is 1. The van der Waals surface area contributed by atoms with Crippen LogP contribution in [0, 0.1) is 0 Å². The number of nitrogens with zero attached hydrogens (tertiary/aromatic N) is 2. The van der Waals surface area contributed by atoms with E-state index in [9.17, 15) is 9.32 Å². The minimum Gasteiger partial charge on any atom is -0.390 e. The van der Waals surface area contributed by atoms with E-state index in [1.54, 1.807) is 0 Å². The zero-order valence-corrected chi connectivity index (χ0v) is 14.7. The highest BCUT2D eigenvalue weighted by Gasteiger charge is 2.33. The molecule has 0 radical (unpaired) electrons. The predicted octanol–water partition coefficient (Wildman–Crippen LogP) is 1.32.